The molecule has 1 amide bonds. The Morgan fingerprint density at radius 1 is 1.29 bits per heavy atom. The first-order valence-electron chi connectivity index (χ1n) is 5.84. The molecule has 0 saturated heterocycles. The highest BCUT2D eigenvalue weighted by Gasteiger charge is 2.35. The normalized spacial score (nSPS) is 13.7. The molecule has 9 heteroatoms. The van der Waals surface area contributed by atoms with Gasteiger partial charge in [-0.2, -0.15) is 13.2 Å². The van der Waals surface area contributed by atoms with E-state index in [-0.39, 0.29) is 12.1 Å². The van der Waals surface area contributed by atoms with Crippen LogP contribution in [0.3, 0.4) is 0 Å². The highest BCUT2D eigenvalue weighted by molar-refractivity contribution is 6.68. The van der Waals surface area contributed by atoms with Gasteiger partial charge >= 0.3 is 6.18 Å². The molecule has 0 bridgehead atoms. The zero-order chi connectivity index (χ0) is 16.3. The summed E-state index contributed by atoms with van der Waals surface area (Å²) in [6, 6.07) is 4.36. The summed E-state index contributed by atoms with van der Waals surface area (Å²) in [5.74, 6) is -0.411. The molecule has 0 aliphatic heterocycles. The number of halogens is 6. The zero-order valence-electron chi connectivity index (χ0n) is 10.8. The smallest absolute Gasteiger partial charge is 0.362 e. The van der Waals surface area contributed by atoms with Crippen LogP contribution in [0.5, 0.6) is 0 Å². The summed E-state index contributed by atoms with van der Waals surface area (Å²) in [4.78, 5) is 11.4. The van der Waals surface area contributed by atoms with E-state index in [0.717, 1.165) is 12.1 Å². The van der Waals surface area contributed by atoms with Gasteiger partial charge in [-0.15, -0.1) is 0 Å². The van der Waals surface area contributed by atoms with Crippen LogP contribution in [-0.2, 0) is 11.0 Å². The fourth-order valence-electron chi connectivity index (χ4n) is 1.41. The third-order valence-corrected chi connectivity index (χ3v) is 3.11. The van der Waals surface area contributed by atoms with Gasteiger partial charge in [0, 0.05) is 12.1 Å². The average Bonchev–Trinajstić information content (AvgIpc) is 2.36. The summed E-state index contributed by atoms with van der Waals surface area (Å²) in [6.07, 6.45) is -5.51. The van der Waals surface area contributed by atoms with Crippen molar-refractivity contribution < 1.29 is 18.0 Å². The Morgan fingerprint density at radius 3 is 2.38 bits per heavy atom. The van der Waals surface area contributed by atoms with Gasteiger partial charge in [0.15, 0.2) is 0 Å². The maximum absolute atomic E-state index is 12.6. The number of rotatable bonds is 4. The lowest BCUT2D eigenvalue weighted by atomic mass is 10.2. The second-order valence-electron chi connectivity index (χ2n) is 4.12. The van der Waals surface area contributed by atoms with Gasteiger partial charge in [0.1, 0.15) is 6.17 Å². The second kappa shape index (κ2) is 6.94. The van der Waals surface area contributed by atoms with Crippen molar-refractivity contribution in [1.29, 1.82) is 0 Å². The van der Waals surface area contributed by atoms with E-state index in [2.05, 4.69) is 10.6 Å². The summed E-state index contributed by atoms with van der Waals surface area (Å²) in [5.41, 5.74) is -0.782. The predicted octanol–water partition coefficient (Wildman–Crippen LogP) is 4.34. The van der Waals surface area contributed by atoms with Crippen molar-refractivity contribution in [3.63, 3.8) is 0 Å². The summed E-state index contributed by atoms with van der Waals surface area (Å²) < 4.78 is 36.0. The summed E-state index contributed by atoms with van der Waals surface area (Å²) in [5, 5.41) is 4.96. The third-order valence-electron chi connectivity index (χ3n) is 2.45. The molecule has 118 valence electrons. The van der Waals surface area contributed by atoms with E-state index in [4.69, 9.17) is 34.8 Å². The summed E-state index contributed by atoms with van der Waals surface area (Å²) in [6.45, 7) is 1.59. The molecule has 0 aromatic heterocycles. The van der Waals surface area contributed by atoms with Gasteiger partial charge in [-0.05, 0) is 18.2 Å². The molecule has 3 nitrogen and oxygen atoms in total. The first kappa shape index (κ1) is 18.2. The summed E-state index contributed by atoms with van der Waals surface area (Å²) in [7, 11) is 0. The van der Waals surface area contributed by atoms with Crippen LogP contribution in [-0.4, -0.2) is 15.9 Å². The lowest BCUT2D eigenvalue weighted by Gasteiger charge is -2.27. The minimum absolute atomic E-state index is 0.0672. The molecule has 0 fully saturated rings. The number of amides is 1. The van der Waals surface area contributed by atoms with Crippen LogP contribution >= 0.6 is 34.8 Å². The van der Waals surface area contributed by atoms with Gasteiger partial charge in [0.05, 0.1) is 5.56 Å². The van der Waals surface area contributed by atoms with Gasteiger partial charge in [0.25, 0.3) is 0 Å². The molecule has 21 heavy (non-hydrogen) atoms. The van der Waals surface area contributed by atoms with E-state index in [0.29, 0.717) is 0 Å². The van der Waals surface area contributed by atoms with Gasteiger partial charge in [-0.3, -0.25) is 4.79 Å². The Bertz CT molecular complexity index is 503. The molecule has 1 atom stereocenters. The zero-order valence-corrected chi connectivity index (χ0v) is 13.0. The Hall–Kier alpha value is -0.850. The highest BCUT2D eigenvalue weighted by Crippen LogP contribution is 2.33. The lowest BCUT2D eigenvalue weighted by Crippen LogP contribution is -2.48. The molecular weight excluding hydrogens is 351 g/mol. The van der Waals surface area contributed by atoms with Gasteiger partial charge in [0.2, 0.25) is 9.70 Å². The van der Waals surface area contributed by atoms with Crippen LogP contribution in [0.1, 0.15) is 18.9 Å². The quantitative estimate of drug-likeness (QED) is 0.617. The minimum atomic E-state index is -4.49. The topological polar surface area (TPSA) is 41.1 Å². The van der Waals surface area contributed by atoms with E-state index in [9.17, 15) is 18.0 Å². The van der Waals surface area contributed by atoms with E-state index in [1.807, 2.05) is 0 Å². The van der Waals surface area contributed by atoms with Crippen molar-refractivity contribution >= 4 is 46.4 Å². The van der Waals surface area contributed by atoms with E-state index < -0.39 is 27.6 Å². The molecule has 2 N–H and O–H groups in total. The number of carbonyl (C=O) groups excluding carboxylic acids is 1. The molecule has 0 aliphatic carbocycles. The van der Waals surface area contributed by atoms with Crippen molar-refractivity contribution in [3.05, 3.63) is 29.8 Å². The number of hydrogen-bond acceptors (Lipinski definition) is 2. The van der Waals surface area contributed by atoms with Crippen molar-refractivity contribution in [3.8, 4) is 0 Å². The minimum Gasteiger partial charge on any atom is -0.362 e. The Morgan fingerprint density at radius 2 is 1.90 bits per heavy atom. The van der Waals surface area contributed by atoms with Crippen LogP contribution in [0.15, 0.2) is 24.3 Å². The van der Waals surface area contributed by atoms with E-state index in [1.165, 1.54) is 12.1 Å². The SMILES string of the molecule is CCC(=O)N[C@H](Nc1cccc(C(F)(F)F)c1)C(Cl)(Cl)Cl. The maximum atomic E-state index is 12.6. The molecule has 0 aliphatic rings. The third kappa shape index (κ3) is 5.80. The summed E-state index contributed by atoms with van der Waals surface area (Å²) >= 11 is 17.1. The van der Waals surface area contributed by atoms with Crippen LogP contribution in [0.25, 0.3) is 0 Å². The molecule has 0 spiro atoms. The van der Waals surface area contributed by atoms with Crippen LogP contribution < -0.4 is 10.6 Å². The molecule has 0 heterocycles. The van der Waals surface area contributed by atoms with Gasteiger partial charge < -0.3 is 10.6 Å². The fraction of sp³-hybridized carbons (Fsp3) is 0.417. The van der Waals surface area contributed by atoms with Crippen LogP contribution in [0.4, 0.5) is 18.9 Å². The highest BCUT2D eigenvalue weighted by atomic mass is 35.6. The van der Waals surface area contributed by atoms with Crippen LogP contribution in [0.2, 0.25) is 0 Å². The molecule has 1 aromatic carbocycles. The maximum Gasteiger partial charge on any atom is 0.416 e. The van der Waals surface area contributed by atoms with Crippen molar-refractivity contribution in [2.45, 2.75) is 29.5 Å². The molecule has 0 radical (unpaired) electrons. The Labute approximate surface area is 134 Å². The van der Waals surface area contributed by atoms with E-state index >= 15 is 0 Å². The van der Waals surface area contributed by atoms with Crippen molar-refractivity contribution in [2.75, 3.05) is 5.32 Å². The largest absolute Gasteiger partial charge is 0.416 e. The van der Waals surface area contributed by atoms with E-state index in [1.54, 1.807) is 6.92 Å². The molecule has 1 aromatic rings. The Kier molecular flexibility index (Phi) is 6.01. The first-order valence-corrected chi connectivity index (χ1v) is 6.97. The molecular formula is C12H12Cl3F3N2O. The number of hydrogen-bond donors (Lipinski definition) is 2. The monoisotopic (exact) mass is 362 g/mol. The van der Waals surface area contributed by atoms with Crippen molar-refractivity contribution in [2.24, 2.45) is 0 Å². The van der Waals surface area contributed by atoms with Gasteiger partial charge in [-0.25, -0.2) is 0 Å². The predicted molar refractivity (Wildman–Crippen MR) is 77.6 cm³/mol. The van der Waals surface area contributed by atoms with Crippen LogP contribution in [0, 0.1) is 0 Å². The Balaban J connectivity index is 2.96. The second-order valence-corrected chi connectivity index (χ2v) is 6.49. The molecule has 0 unspecified atom stereocenters. The number of anilines is 1. The standard InChI is InChI=1S/C12H12Cl3F3N2O/c1-2-9(21)20-10(11(13,14)15)19-8-5-3-4-7(6-8)12(16,17)18/h3-6,10,19H,2H2,1H3,(H,20,21)/t10-/m0/s1. The van der Waals surface area contributed by atoms with Gasteiger partial charge in [-0.1, -0.05) is 47.8 Å². The molecule has 1 rings (SSSR count). The molecule has 0 saturated carbocycles. The number of alkyl halides is 6. The average molecular weight is 364 g/mol. The number of nitrogens with one attached hydrogen (secondary N) is 2. The lowest BCUT2D eigenvalue weighted by molar-refractivity contribution is -0.137. The fourth-order valence-corrected chi connectivity index (χ4v) is 1.74. The number of benzene rings is 1. The number of carbonyl (C=O) groups is 1. The van der Waals surface area contributed by atoms with Crippen molar-refractivity contribution in [1.82, 2.24) is 5.32 Å². The first-order chi connectivity index (χ1) is 9.54.